The monoisotopic (exact) mass is 220 g/mol. The van der Waals surface area contributed by atoms with Gasteiger partial charge >= 0.3 is 67.7 Å². The first-order valence-electron chi connectivity index (χ1n) is 0. The van der Waals surface area contributed by atoms with Crippen LogP contribution < -0.4 is 0 Å². The molecule has 0 N–H and O–H groups in total. The van der Waals surface area contributed by atoms with Gasteiger partial charge in [0.25, 0.3) is 0 Å². The zero-order valence-electron chi connectivity index (χ0n) is 0.816. The molecule has 4 heavy (non-hydrogen) atoms. The first-order chi connectivity index (χ1) is 0. The molecule has 0 spiro atoms. The van der Waals surface area contributed by atoms with Crippen LogP contribution in [0.25, 0.3) is 0 Å². The summed E-state index contributed by atoms with van der Waals surface area (Å²) in [4.78, 5) is 0. The summed E-state index contributed by atoms with van der Waals surface area (Å²) in [6.45, 7) is 0. The Bertz CT molecular complexity index is 6.00. The van der Waals surface area contributed by atoms with E-state index in [0.29, 0.717) is 0 Å². The van der Waals surface area contributed by atoms with Crippen LogP contribution in [-0.2, 0) is 0 Å². The molecule has 0 aliphatic heterocycles. The van der Waals surface area contributed by atoms with E-state index in [2.05, 4.69) is 0 Å². The summed E-state index contributed by atoms with van der Waals surface area (Å²) in [7, 11) is 0. The summed E-state index contributed by atoms with van der Waals surface area (Å²) in [6, 6.07) is 0. The predicted molar refractivity (Wildman–Crippen MR) is 30.2 cm³/mol. The number of halogens is 2. The third-order valence-corrected chi connectivity index (χ3v) is 0. The van der Waals surface area contributed by atoms with E-state index in [9.17, 15) is 0 Å². The summed E-state index contributed by atoms with van der Waals surface area (Å²) in [5.41, 5.74) is 0. The first-order valence-corrected chi connectivity index (χ1v) is 0. The molecule has 0 unspecified atom stereocenters. The molecule has 0 aliphatic rings. The first kappa shape index (κ1) is 29.5. The molecule has 0 aliphatic carbocycles. The molecular weight excluding hydrogens is 215 g/mol. The van der Waals surface area contributed by atoms with E-state index >= 15 is 0 Å². The zero-order valence-corrected chi connectivity index (χ0v) is 2.45. The molecule has 0 aromatic carbocycles. The van der Waals surface area contributed by atoms with Gasteiger partial charge in [-0.3, -0.25) is 0 Å². The Kier molecular flexibility index (Phi) is 127. The van der Waals surface area contributed by atoms with Crippen molar-refractivity contribution in [1.82, 2.24) is 0 Å². The fraction of sp³-hybridized carbons (Fsp3) is 0. The maximum absolute atomic E-state index is 0. The van der Waals surface area contributed by atoms with E-state index < -0.39 is 0 Å². The number of hydrogen-bond donors (Lipinski definition) is 0. The van der Waals surface area contributed by atoms with Crippen LogP contribution in [0.15, 0.2) is 0 Å². The van der Waals surface area contributed by atoms with Crippen molar-refractivity contribution in [2.75, 3.05) is 0 Å². The van der Waals surface area contributed by atoms with Crippen LogP contribution in [0.1, 0.15) is 0 Å². The Morgan fingerprint density at radius 1 is 0.750 bits per heavy atom. The van der Waals surface area contributed by atoms with E-state index in [0.717, 1.165) is 0 Å². The van der Waals surface area contributed by atoms with Crippen molar-refractivity contribution in [3.05, 3.63) is 0 Å². The van der Waals surface area contributed by atoms with Crippen molar-refractivity contribution in [1.29, 1.82) is 0 Å². The van der Waals surface area contributed by atoms with E-state index in [-0.39, 0.29) is 92.6 Å². The van der Waals surface area contributed by atoms with Gasteiger partial charge < -0.3 is 0 Å². The molecule has 0 aromatic heterocycles. The Hall–Kier alpha value is 2.75. The van der Waals surface area contributed by atoms with Crippen LogP contribution in [0.4, 0.5) is 0 Å². The Morgan fingerprint density at radius 3 is 0.750 bits per heavy atom. The molecule has 0 saturated carbocycles. The minimum atomic E-state index is 0. The fourth-order valence-electron chi connectivity index (χ4n) is 0. The number of hydrogen-bond acceptors (Lipinski definition) is 0. The van der Waals surface area contributed by atoms with Crippen LogP contribution in [0.2, 0.25) is 0 Å². The van der Waals surface area contributed by atoms with E-state index in [1.54, 1.807) is 0 Å². The summed E-state index contributed by atoms with van der Waals surface area (Å²) in [5.74, 6) is 0. The van der Waals surface area contributed by atoms with Gasteiger partial charge in [-0.2, -0.15) is 0 Å². The zero-order chi connectivity index (χ0) is 0. The van der Waals surface area contributed by atoms with Gasteiger partial charge in [-0.1, -0.05) is 0 Å². The van der Waals surface area contributed by atoms with Gasteiger partial charge in [-0.15, -0.1) is 24.8 Å². The molecule has 4 heteroatoms. The second-order valence-electron chi connectivity index (χ2n) is 0. The third-order valence-electron chi connectivity index (χ3n) is 0. The molecule has 0 fully saturated rings. The minimum absolute atomic E-state index is 0. The average molecular weight is 220 g/mol. The van der Waals surface area contributed by atoms with E-state index in [1.807, 2.05) is 0 Å². The quantitative estimate of drug-likeness (QED) is 0.473. The normalized spacial score (nSPS) is 0. The molecule has 0 rings (SSSR count). The Morgan fingerprint density at radius 2 is 0.750 bits per heavy atom. The predicted octanol–water partition coefficient (Wildman–Crippen LogP) is -0.721. The van der Waals surface area contributed by atoms with Crippen molar-refractivity contribution >= 4 is 92.6 Å². The second kappa shape index (κ2) is 17.2. The molecule has 0 saturated heterocycles. The van der Waals surface area contributed by atoms with Gasteiger partial charge in [0.05, 0.1) is 0 Å². The molecule has 0 amide bonds. The Balaban J connectivity index is 0. The van der Waals surface area contributed by atoms with Crippen LogP contribution in [0, 0.1) is 0 Å². The Labute approximate surface area is 90.5 Å². The van der Waals surface area contributed by atoms with Crippen molar-refractivity contribution in [3.63, 3.8) is 0 Å². The van der Waals surface area contributed by atoms with E-state index in [1.165, 1.54) is 0 Å². The van der Waals surface area contributed by atoms with Gasteiger partial charge in [0.1, 0.15) is 0 Å². The molecular formula is H5BaCl2Li. The molecule has 0 aromatic rings. The molecule has 0 atom stereocenters. The van der Waals surface area contributed by atoms with Gasteiger partial charge in [0.2, 0.25) is 0 Å². The van der Waals surface area contributed by atoms with E-state index in [4.69, 9.17) is 0 Å². The third kappa shape index (κ3) is 8.83. The molecule has 22 valence electrons. The summed E-state index contributed by atoms with van der Waals surface area (Å²) in [6.07, 6.45) is 0. The molecule has 0 bridgehead atoms. The van der Waals surface area contributed by atoms with Crippen LogP contribution in [-0.4, -0.2) is 67.7 Å². The van der Waals surface area contributed by atoms with Gasteiger partial charge in [-0.25, -0.2) is 0 Å². The van der Waals surface area contributed by atoms with Crippen molar-refractivity contribution in [2.24, 2.45) is 0 Å². The SMILES string of the molecule is Cl.Cl.[BaH2].[LiH]. The standard InChI is InChI=1S/Ba.2ClH.Li.3H/h;2*1H;;;;. The van der Waals surface area contributed by atoms with Gasteiger partial charge in [0, 0.05) is 0 Å². The summed E-state index contributed by atoms with van der Waals surface area (Å²) in [5, 5.41) is 0. The second-order valence-corrected chi connectivity index (χ2v) is 0. The molecule has 0 heterocycles. The van der Waals surface area contributed by atoms with Crippen molar-refractivity contribution in [3.8, 4) is 0 Å². The average Bonchev–Trinajstić information content (AvgIpc) is 0. The van der Waals surface area contributed by atoms with Crippen LogP contribution in [0.5, 0.6) is 0 Å². The van der Waals surface area contributed by atoms with Crippen LogP contribution in [0.3, 0.4) is 0 Å². The molecule has 0 radical (unpaired) electrons. The fourth-order valence-corrected chi connectivity index (χ4v) is 0. The molecule has 0 nitrogen and oxygen atoms in total. The summed E-state index contributed by atoms with van der Waals surface area (Å²) >= 11 is 0. The van der Waals surface area contributed by atoms with Crippen molar-refractivity contribution in [2.45, 2.75) is 0 Å². The van der Waals surface area contributed by atoms with Crippen molar-refractivity contribution < 1.29 is 0 Å². The topological polar surface area (TPSA) is 0 Å². The van der Waals surface area contributed by atoms with Gasteiger partial charge in [0.15, 0.2) is 0 Å². The summed E-state index contributed by atoms with van der Waals surface area (Å²) < 4.78 is 0. The maximum atomic E-state index is 0. The van der Waals surface area contributed by atoms with Crippen LogP contribution >= 0.6 is 24.8 Å². The van der Waals surface area contributed by atoms with Gasteiger partial charge in [-0.05, 0) is 0 Å². The number of rotatable bonds is 0.